The second-order valence-electron chi connectivity index (χ2n) is 3.88. The quantitative estimate of drug-likeness (QED) is 0.773. The Balaban J connectivity index is 2.85. The van der Waals surface area contributed by atoms with Gasteiger partial charge in [0.25, 0.3) is 0 Å². The van der Waals surface area contributed by atoms with Crippen LogP contribution in [0.15, 0.2) is 24.3 Å². The third kappa shape index (κ3) is 3.22. The van der Waals surface area contributed by atoms with Crippen molar-refractivity contribution in [1.29, 1.82) is 0 Å². The van der Waals surface area contributed by atoms with Gasteiger partial charge < -0.3 is 15.3 Å². The average molecular weight is 208 g/mol. The van der Waals surface area contributed by atoms with Crippen LogP contribution in [0, 0.1) is 0 Å². The predicted molar refractivity (Wildman–Crippen MR) is 64.1 cm³/mol. The number of para-hydroxylation sites is 1. The number of hydrogen-bond acceptors (Lipinski definition) is 3. The lowest BCUT2D eigenvalue weighted by atomic mass is 10.1. The second kappa shape index (κ2) is 5.73. The molecule has 84 valence electrons. The molecular formula is C12H20N2O. The van der Waals surface area contributed by atoms with Gasteiger partial charge in [-0.15, -0.1) is 0 Å². The molecule has 2 N–H and O–H groups in total. The lowest BCUT2D eigenvalue weighted by molar-refractivity contribution is 0.310. The molecule has 0 bridgehead atoms. The highest BCUT2D eigenvalue weighted by atomic mass is 16.3. The average Bonchev–Trinajstić information content (AvgIpc) is 2.25. The molecule has 0 saturated heterocycles. The van der Waals surface area contributed by atoms with Crippen molar-refractivity contribution in [1.82, 2.24) is 4.90 Å². The molecule has 0 aromatic heterocycles. The van der Waals surface area contributed by atoms with Crippen molar-refractivity contribution in [2.45, 2.75) is 13.0 Å². The van der Waals surface area contributed by atoms with Gasteiger partial charge in [0, 0.05) is 18.3 Å². The largest absolute Gasteiger partial charge is 0.395 e. The molecule has 1 atom stereocenters. The first-order chi connectivity index (χ1) is 7.16. The summed E-state index contributed by atoms with van der Waals surface area (Å²) in [4.78, 5) is 2.17. The lowest BCUT2D eigenvalue weighted by Crippen LogP contribution is -2.18. The number of aliphatic hydroxyl groups excluding tert-OH is 1. The zero-order chi connectivity index (χ0) is 11.3. The van der Waals surface area contributed by atoms with Crippen LogP contribution in [-0.2, 0) is 0 Å². The van der Waals surface area contributed by atoms with Crippen LogP contribution in [0.5, 0.6) is 0 Å². The zero-order valence-electron chi connectivity index (χ0n) is 9.70. The molecule has 0 saturated carbocycles. The number of hydrogen-bond donors (Lipinski definition) is 2. The van der Waals surface area contributed by atoms with E-state index in [1.165, 1.54) is 5.56 Å². The normalized spacial score (nSPS) is 12.9. The fourth-order valence-electron chi connectivity index (χ4n) is 1.49. The fourth-order valence-corrected chi connectivity index (χ4v) is 1.49. The number of nitrogens with one attached hydrogen (secondary N) is 1. The summed E-state index contributed by atoms with van der Waals surface area (Å²) in [6, 6.07) is 8.58. The Morgan fingerprint density at radius 2 is 2.00 bits per heavy atom. The van der Waals surface area contributed by atoms with Crippen LogP contribution in [0.25, 0.3) is 0 Å². The monoisotopic (exact) mass is 208 g/mol. The van der Waals surface area contributed by atoms with Gasteiger partial charge in [0.1, 0.15) is 0 Å². The SMILES string of the molecule is C[C@H](c1ccccc1NCCO)N(C)C. The first-order valence-electron chi connectivity index (χ1n) is 5.27. The molecule has 0 fully saturated rings. The summed E-state index contributed by atoms with van der Waals surface area (Å²) in [5, 5.41) is 12.0. The van der Waals surface area contributed by atoms with E-state index in [-0.39, 0.29) is 6.61 Å². The lowest BCUT2D eigenvalue weighted by Gasteiger charge is -2.23. The summed E-state index contributed by atoms with van der Waals surface area (Å²) < 4.78 is 0. The molecule has 0 spiro atoms. The third-order valence-electron chi connectivity index (χ3n) is 2.61. The number of benzene rings is 1. The molecule has 1 rings (SSSR count). The molecule has 0 aliphatic carbocycles. The van der Waals surface area contributed by atoms with Crippen LogP contribution in [0.4, 0.5) is 5.69 Å². The third-order valence-corrected chi connectivity index (χ3v) is 2.61. The Hall–Kier alpha value is -1.06. The van der Waals surface area contributed by atoms with Gasteiger partial charge in [-0.1, -0.05) is 18.2 Å². The van der Waals surface area contributed by atoms with E-state index in [9.17, 15) is 0 Å². The molecule has 1 aromatic carbocycles. The number of aliphatic hydroxyl groups is 1. The summed E-state index contributed by atoms with van der Waals surface area (Å²) in [7, 11) is 4.13. The Kier molecular flexibility index (Phi) is 4.59. The minimum absolute atomic E-state index is 0.157. The molecule has 3 heteroatoms. The summed E-state index contributed by atoms with van der Waals surface area (Å²) in [5.74, 6) is 0. The van der Waals surface area contributed by atoms with E-state index in [0.717, 1.165) is 5.69 Å². The molecule has 15 heavy (non-hydrogen) atoms. The van der Waals surface area contributed by atoms with Gasteiger partial charge in [0.15, 0.2) is 0 Å². The molecule has 0 aliphatic rings. The van der Waals surface area contributed by atoms with Crippen LogP contribution < -0.4 is 5.32 Å². The standard InChI is InChI=1S/C12H20N2O/c1-10(14(2)3)11-6-4-5-7-12(11)13-8-9-15/h4-7,10,13,15H,8-9H2,1-3H3/t10-/m1/s1. The van der Waals surface area contributed by atoms with E-state index >= 15 is 0 Å². The first kappa shape index (κ1) is 12.0. The molecule has 0 unspecified atom stereocenters. The topological polar surface area (TPSA) is 35.5 Å². The molecule has 0 aliphatic heterocycles. The van der Waals surface area contributed by atoms with Crippen molar-refractivity contribution in [2.75, 3.05) is 32.6 Å². The maximum Gasteiger partial charge on any atom is 0.0604 e. The maximum atomic E-state index is 8.79. The Labute approximate surface area is 91.7 Å². The van der Waals surface area contributed by atoms with Crippen LogP contribution >= 0.6 is 0 Å². The number of rotatable bonds is 5. The highest BCUT2D eigenvalue weighted by Crippen LogP contribution is 2.25. The Morgan fingerprint density at radius 1 is 1.33 bits per heavy atom. The molecule has 3 nitrogen and oxygen atoms in total. The summed E-state index contributed by atoms with van der Waals surface area (Å²) in [6.07, 6.45) is 0. The zero-order valence-corrected chi connectivity index (χ0v) is 9.70. The van der Waals surface area contributed by atoms with Gasteiger partial charge in [-0.2, -0.15) is 0 Å². The summed E-state index contributed by atoms with van der Waals surface area (Å²) >= 11 is 0. The molecule has 0 radical (unpaired) electrons. The van der Waals surface area contributed by atoms with Gasteiger partial charge >= 0.3 is 0 Å². The minimum atomic E-state index is 0.157. The van der Waals surface area contributed by atoms with Gasteiger partial charge in [-0.3, -0.25) is 0 Å². The highest BCUT2D eigenvalue weighted by Gasteiger charge is 2.11. The van der Waals surface area contributed by atoms with Gasteiger partial charge in [-0.05, 0) is 32.6 Å². The van der Waals surface area contributed by atoms with Crippen molar-refractivity contribution in [3.05, 3.63) is 29.8 Å². The van der Waals surface area contributed by atoms with Crippen molar-refractivity contribution in [3.63, 3.8) is 0 Å². The van der Waals surface area contributed by atoms with Crippen molar-refractivity contribution in [3.8, 4) is 0 Å². The first-order valence-corrected chi connectivity index (χ1v) is 5.27. The smallest absolute Gasteiger partial charge is 0.0604 e. The van der Waals surface area contributed by atoms with Crippen LogP contribution in [0.2, 0.25) is 0 Å². The number of nitrogens with zero attached hydrogens (tertiary/aromatic N) is 1. The molecule has 0 amide bonds. The van der Waals surface area contributed by atoms with Crippen molar-refractivity contribution in [2.24, 2.45) is 0 Å². The van der Waals surface area contributed by atoms with E-state index in [2.05, 4.69) is 37.3 Å². The van der Waals surface area contributed by atoms with E-state index < -0.39 is 0 Å². The highest BCUT2D eigenvalue weighted by molar-refractivity contribution is 5.52. The van der Waals surface area contributed by atoms with E-state index in [4.69, 9.17) is 5.11 Å². The van der Waals surface area contributed by atoms with Gasteiger partial charge in [0.05, 0.1) is 6.61 Å². The summed E-state index contributed by atoms with van der Waals surface area (Å²) in [5.41, 5.74) is 2.36. The van der Waals surface area contributed by atoms with E-state index in [0.29, 0.717) is 12.6 Å². The Morgan fingerprint density at radius 3 is 2.60 bits per heavy atom. The van der Waals surface area contributed by atoms with E-state index in [1.54, 1.807) is 0 Å². The van der Waals surface area contributed by atoms with Crippen LogP contribution in [0.1, 0.15) is 18.5 Å². The molecular weight excluding hydrogens is 188 g/mol. The summed E-state index contributed by atoms with van der Waals surface area (Å²) in [6.45, 7) is 2.92. The van der Waals surface area contributed by atoms with Gasteiger partial charge in [-0.25, -0.2) is 0 Å². The van der Waals surface area contributed by atoms with Crippen molar-refractivity contribution >= 4 is 5.69 Å². The molecule has 1 aromatic rings. The minimum Gasteiger partial charge on any atom is -0.395 e. The Bertz CT molecular complexity index is 299. The fraction of sp³-hybridized carbons (Fsp3) is 0.500. The van der Waals surface area contributed by atoms with E-state index in [1.807, 2.05) is 18.2 Å². The molecule has 0 heterocycles. The predicted octanol–water partition coefficient (Wildman–Crippen LogP) is 1.71. The second-order valence-corrected chi connectivity index (χ2v) is 3.88. The maximum absolute atomic E-state index is 8.79. The van der Waals surface area contributed by atoms with Gasteiger partial charge in [0.2, 0.25) is 0 Å². The number of anilines is 1. The van der Waals surface area contributed by atoms with Crippen LogP contribution in [0.3, 0.4) is 0 Å². The van der Waals surface area contributed by atoms with Crippen molar-refractivity contribution < 1.29 is 5.11 Å². The van der Waals surface area contributed by atoms with Crippen LogP contribution in [-0.4, -0.2) is 37.3 Å².